The van der Waals surface area contributed by atoms with E-state index >= 15 is 0 Å². The van der Waals surface area contributed by atoms with Gasteiger partial charge in [0, 0.05) is 31.7 Å². The number of pyridine rings is 1. The number of esters is 1. The molecule has 2 fully saturated rings. The largest absolute Gasteiger partial charge is 0.466 e. The average Bonchev–Trinajstić information content (AvgIpc) is 3.08. The van der Waals surface area contributed by atoms with Crippen molar-refractivity contribution in [3.8, 4) is 6.07 Å². The van der Waals surface area contributed by atoms with Gasteiger partial charge in [0.2, 0.25) is 0 Å². The molecule has 2 saturated heterocycles. The predicted molar refractivity (Wildman–Crippen MR) is 137 cm³/mol. The number of ether oxygens (including phenoxy) is 1. The van der Waals surface area contributed by atoms with E-state index in [0.29, 0.717) is 65.4 Å². The average molecular weight is 501 g/mol. The number of piperidine rings is 1. The van der Waals surface area contributed by atoms with Crippen molar-refractivity contribution in [2.75, 3.05) is 31.1 Å². The van der Waals surface area contributed by atoms with E-state index in [-0.39, 0.29) is 28.9 Å². The van der Waals surface area contributed by atoms with Crippen LogP contribution in [0, 0.1) is 24.2 Å². The third-order valence-corrected chi connectivity index (χ3v) is 7.34. The van der Waals surface area contributed by atoms with Crippen LogP contribution >= 0.6 is 24.0 Å². The van der Waals surface area contributed by atoms with Crippen LogP contribution in [0.1, 0.15) is 43.4 Å². The molecule has 180 valence electrons. The second-order valence-corrected chi connectivity index (χ2v) is 9.69. The topological polar surface area (TPSA) is 95.6 Å². The summed E-state index contributed by atoms with van der Waals surface area (Å²) in [5.74, 6) is -0.207. The Bertz CT molecular complexity index is 1160. The number of aromatic nitrogens is 1. The summed E-state index contributed by atoms with van der Waals surface area (Å²) in [6.45, 7) is 11.0. The maximum absolute atomic E-state index is 13.2. The molecule has 1 amide bonds. The van der Waals surface area contributed by atoms with Crippen molar-refractivity contribution in [3.05, 3.63) is 44.6 Å². The minimum atomic E-state index is -0.382. The van der Waals surface area contributed by atoms with Crippen LogP contribution in [0.5, 0.6) is 0 Å². The lowest BCUT2D eigenvalue weighted by Gasteiger charge is -2.36. The van der Waals surface area contributed by atoms with Gasteiger partial charge in [-0.15, -0.1) is 6.58 Å². The van der Waals surface area contributed by atoms with E-state index in [1.54, 1.807) is 30.6 Å². The van der Waals surface area contributed by atoms with E-state index in [4.69, 9.17) is 17.0 Å². The molecule has 1 atom stereocenters. The highest BCUT2D eigenvalue weighted by Gasteiger charge is 2.34. The van der Waals surface area contributed by atoms with E-state index in [2.05, 4.69) is 6.58 Å². The number of nitriles is 1. The van der Waals surface area contributed by atoms with Gasteiger partial charge in [-0.3, -0.25) is 23.9 Å². The van der Waals surface area contributed by atoms with Crippen LogP contribution in [-0.4, -0.2) is 51.9 Å². The highest BCUT2D eigenvalue weighted by Crippen LogP contribution is 2.36. The van der Waals surface area contributed by atoms with Crippen LogP contribution in [-0.2, 0) is 20.9 Å². The summed E-state index contributed by atoms with van der Waals surface area (Å²) >= 11 is 6.55. The van der Waals surface area contributed by atoms with Gasteiger partial charge in [0.25, 0.3) is 11.5 Å². The van der Waals surface area contributed by atoms with Gasteiger partial charge < -0.3 is 9.64 Å². The molecule has 2 aliphatic rings. The van der Waals surface area contributed by atoms with Crippen molar-refractivity contribution >= 4 is 52.1 Å². The molecule has 34 heavy (non-hydrogen) atoms. The monoisotopic (exact) mass is 500 g/mol. The summed E-state index contributed by atoms with van der Waals surface area (Å²) in [4.78, 5) is 42.5. The molecule has 0 aliphatic carbocycles. The molecule has 8 nitrogen and oxygen atoms in total. The van der Waals surface area contributed by atoms with Crippen LogP contribution in [0.4, 0.5) is 5.82 Å². The van der Waals surface area contributed by atoms with Gasteiger partial charge in [0.1, 0.15) is 21.8 Å². The molecular formula is C24H28N4O4S2. The van der Waals surface area contributed by atoms with Crippen LogP contribution in [0.15, 0.2) is 22.4 Å². The highest BCUT2D eigenvalue weighted by molar-refractivity contribution is 8.26. The first kappa shape index (κ1) is 25.7. The normalized spacial score (nSPS) is 19.5. The number of thioether (sulfide) groups is 1. The van der Waals surface area contributed by atoms with Gasteiger partial charge in [0.15, 0.2) is 0 Å². The second kappa shape index (κ2) is 11.0. The summed E-state index contributed by atoms with van der Waals surface area (Å²) in [5.41, 5.74) is 0.769. The fourth-order valence-corrected chi connectivity index (χ4v) is 5.57. The summed E-state index contributed by atoms with van der Waals surface area (Å²) in [5, 5.41) is 9.71. The Kier molecular flexibility index (Phi) is 8.33. The summed E-state index contributed by atoms with van der Waals surface area (Å²) < 4.78 is 7.22. The lowest BCUT2D eigenvalue weighted by molar-refractivity contribution is -0.148. The fourth-order valence-electron chi connectivity index (χ4n) is 4.32. The lowest BCUT2D eigenvalue weighted by atomic mass is 9.96. The van der Waals surface area contributed by atoms with Gasteiger partial charge >= 0.3 is 5.97 Å². The number of nitrogens with zero attached hydrogens (tertiary/aromatic N) is 4. The van der Waals surface area contributed by atoms with Crippen molar-refractivity contribution in [1.29, 1.82) is 5.26 Å². The molecule has 10 heteroatoms. The molecule has 1 aromatic rings. The minimum absolute atomic E-state index is 0.0392. The molecule has 3 rings (SSSR count). The second-order valence-electron chi connectivity index (χ2n) is 8.02. The minimum Gasteiger partial charge on any atom is -0.466 e. The van der Waals surface area contributed by atoms with Crippen LogP contribution in [0.2, 0.25) is 0 Å². The van der Waals surface area contributed by atoms with Gasteiger partial charge in [-0.1, -0.05) is 30.1 Å². The first-order chi connectivity index (χ1) is 16.3. The van der Waals surface area contributed by atoms with Gasteiger partial charge in [0.05, 0.1) is 17.4 Å². The summed E-state index contributed by atoms with van der Waals surface area (Å²) in [6, 6.07) is 2.03. The van der Waals surface area contributed by atoms with Crippen molar-refractivity contribution in [2.45, 2.75) is 40.2 Å². The SMILES string of the molecule is C=CCN1C(=O)/C(=C/c2c(C)c(C#N)c(=O)n(CC)c2N2CCCC(C(=O)OCC)C2)SC1=S. The first-order valence-electron chi connectivity index (χ1n) is 11.2. The van der Waals surface area contributed by atoms with E-state index < -0.39 is 0 Å². The number of amides is 1. The van der Waals surface area contributed by atoms with E-state index in [1.165, 1.54) is 16.7 Å². The zero-order valence-electron chi connectivity index (χ0n) is 19.6. The molecule has 0 aromatic carbocycles. The standard InChI is InChI=1S/C24H28N4O4S2/c1-5-10-28-22(30)19(34-24(28)33)12-17-15(4)18(13-25)21(29)27(6-2)20(17)26-11-8-9-16(14-26)23(31)32-7-3/h5,12,16H,1,6-11,14H2,2-4H3/b19-12-. The molecule has 0 N–H and O–H groups in total. The third kappa shape index (κ3) is 4.81. The Balaban J connectivity index is 2.18. The van der Waals surface area contributed by atoms with Crippen molar-refractivity contribution in [3.63, 3.8) is 0 Å². The highest BCUT2D eigenvalue weighted by atomic mass is 32.2. The van der Waals surface area contributed by atoms with Gasteiger partial charge in [-0.2, -0.15) is 5.26 Å². The van der Waals surface area contributed by atoms with Gasteiger partial charge in [-0.25, -0.2) is 0 Å². The number of rotatable bonds is 7. The van der Waals surface area contributed by atoms with Gasteiger partial charge in [-0.05, 0) is 45.3 Å². The summed E-state index contributed by atoms with van der Waals surface area (Å²) in [7, 11) is 0. The van der Waals surface area contributed by atoms with E-state index in [1.807, 2.05) is 17.9 Å². The quantitative estimate of drug-likeness (QED) is 0.244. The number of hydrogen-bond donors (Lipinski definition) is 0. The lowest BCUT2D eigenvalue weighted by Crippen LogP contribution is -2.43. The molecule has 0 bridgehead atoms. The Morgan fingerprint density at radius 2 is 2.12 bits per heavy atom. The predicted octanol–water partition coefficient (Wildman–Crippen LogP) is 3.22. The number of thiocarbonyl (C=S) groups is 1. The number of carbonyl (C=O) groups excluding carboxylic acids is 2. The fraction of sp³-hybridized carbons (Fsp3) is 0.458. The maximum atomic E-state index is 13.2. The molecule has 0 saturated carbocycles. The molecule has 1 aromatic heterocycles. The van der Waals surface area contributed by atoms with Crippen molar-refractivity contribution in [2.24, 2.45) is 5.92 Å². The molecule has 0 radical (unpaired) electrons. The van der Waals surface area contributed by atoms with Crippen molar-refractivity contribution < 1.29 is 14.3 Å². The smallest absolute Gasteiger partial charge is 0.310 e. The van der Waals surface area contributed by atoms with Crippen LogP contribution < -0.4 is 10.5 Å². The molecule has 2 aliphatic heterocycles. The third-order valence-electron chi connectivity index (χ3n) is 5.96. The van der Waals surface area contributed by atoms with Crippen molar-refractivity contribution in [1.82, 2.24) is 9.47 Å². The Hall–Kier alpha value is -2.90. The van der Waals surface area contributed by atoms with Crippen LogP contribution in [0.3, 0.4) is 0 Å². The number of carbonyl (C=O) groups is 2. The first-order valence-corrected chi connectivity index (χ1v) is 12.5. The Labute approximate surface area is 208 Å². The molecule has 1 unspecified atom stereocenters. The zero-order chi connectivity index (χ0) is 25.0. The number of hydrogen-bond acceptors (Lipinski definition) is 8. The molecule has 0 spiro atoms. The zero-order valence-corrected chi connectivity index (χ0v) is 21.3. The Morgan fingerprint density at radius 1 is 1.38 bits per heavy atom. The molecular weight excluding hydrogens is 472 g/mol. The Morgan fingerprint density at radius 3 is 2.74 bits per heavy atom. The van der Waals surface area contributed by atoms with E-state index in [9.17, 15) is 19.6 Å². The number of anilines is 1. The van der Waals surface area contributed by atoms with E-state index in [0.717, 1.165) is 6.42 Å². The maximum Gasteiger partial charge on any atom is 0.310 e. The molecule has 3 heterocycles. The van der Waals surface area contributed by atoms with Crippen LogP contribution in [0.25, 0.3) is 6.08 Å². The summed E-state index contributed by atoms with van der Waals surface area (Å²) in [6.07, 6.45) is 4.78.